The fraction of sp³-hybridized carbons (Fsp3) is 0.150. The first kappa shape index (κ1) is 17.3. The molecule has 0 saturated heterocycles. The lowest BCUT2D eigenvalue weighted by atomic mass is 10.1. The standard InChI is InChI=1S/C20H16ClN3O3/c1-12-7-8-17-13(9-12)19-14(20(26)27-17)10-22-24(19)11-18(25)23(2)16-6-4-3-5-15(16)21/h3-10H,11H2,1-2H3. The van der Waals surface area contributed by atoms with Gasteiger partial charge in [0.2, 0.25) is 5.91 Å². The number of aryl methyl sites for hydroxylation is 1. The predicted molar refractivity (Wildman–Crippen MR) is 105 cm³/mol. The Morgan fingerprint density at radius 2 is 2.00 bits per heavy atom. The summed E-state index contributed by atoms with van der Waals surface area (Å²) < 4.78 is 6.89. The summed E-state index contributed by atoms with van der Waals surface area (Å²) in [6.07, 6.45) is 1.44. The molecule has 7 heteroatoms. The molecule has 0 atom stereocenters. The van der Waals surface area contributed by atoms with Crippen molar-refractivity contribution in [3.63, 3.8) is 0 Å². The number of carbonyl (C=O) groups excluding carboxylic acids is 1. The molecule has 0 radical (unpaired) electrons. The van der Waals surface area contributed by atoms with Crippen LogP contribution in [0.15, 0.2) is 57.9 Å². The van der Waals surface area contributed by atoms with Crippen molar-refractivity contribution in [2.24, 2.45) is 0 Å². The van der Waals surface area contributed by atoms with Gasteiger partial charge in [0, 0.05) is 12.4 Å². The highest BCUT2D eigenvalue weighted by Crippen LogP contribution is 2.26. The Kier molecular flexibility index (Phi) is 4.20. The molecule has 2 aromatic heterocycles. The van der Waals surface area contributed by atoms with Crippen LogP contribution >= 0.6 is 11.6 Å². The maximum atomic E-state index is 12.8. The van der Waals surface area contributed by atoms with Gasteiger partial charge in [-0.2, -0.15) is 5.10 Å². The number of para-hydroxylation sites is 1. The maximum absolute atomic E-state index is 12.8. The minimum Gasteiger partial charge on any atom is -0.422 e. The largest absolute Gasteiger partial charge is 0.422 e. The van der Waals surface area contributed by atoms with Crippen LogP contribution in [-0.4, -0.2) is 22.7 Å². The lowest BCUT2D eigenvalue weighted by Crippen LogP contribution is -2.30. The Bertz CT molecular complexity index is 1240. The third-order valence-electron chi connectivity index (χ3n) is 4.53. The third-order valence-corrected chi connectivity index (χ3v) is 4.84. The number of rotatable bonds is 3. The summed E-state index contributed by atoms with van der Waals surface area (Å²) in [7, 11) is 1.66. The molecule has 6 nitrogen and oxygen atoms in total. The second-order valence-corrected chi connectivity index (χ2v) is 6.77. The quantitative estimate of drug-likeness (QED) is 0.506. The van der Waals surface area contributed by atoms with Crippen LogP contribution in [0.25, 0.3) is 21.9 Å². The first-order valence-electron chi connectivity index (χ1n) is 8.36. The van der Waals surface area contributed by atoms with Gasteiger partial charge in [-0.15, -0.1) is 0 Å². The number of halogens is 1. The van der Waals surface area contributed by atoms with Gasteiger partial charge in [0.15, 0.2) is 0 Å². The lowest BCUT2D eigenvalue weighted by Gasteiger charge is -2.19. The van der Waals surface area contributed by atoms with Gasteiger partial charge in [-0.25, -0.2) is 4.79 Å². The minimum absolute atomic E-state index is 0.0300. The zero-order valence-electron chi connectivity index (χ0n) is 14.8. The predicted octanol–water partition coefficient (Wildman–Crippen LogP) is 3.77. The average Bonchev–Trinajstić information content (AvgIpc) is 3.07. The molecule has 0 N–H and O–H groups in total. The summed E-state index contributed by atoms with van der Waals surface area (Å²) in [5.74, 6) is -0.206. The molecular weight excluding hydrogens is 366 g/mol. The number of nitrogens with zero attached hydrogens (tertiary/aromatic N) is 3. The molecule has 0 unspecified atom stereocenters. The van der Waals surface area contributed by atoms with Gasteiger partial charge in [-0.1, -0.05) is 35.4 Å². The number of carbonyl (C=O) groups is 1. The van der Waals surface area contributed by atoms with Crippen LogP contribution in [-0.2, 0) is 11.3 Å². The van der Waals surface area contributed by atoms with Crippen molar-refractivity contribution < 1.29 is 9.21 Å². The second-order valence-electron chi connectivity index (χ2n) is 6.36. The van der Waals surface area contributed by atoms with E-state index in [2.05, 4.69) is 5.10 Å². The number of amides is 1. The van der Waals surface area contributed by atoms with E-state index in [4.69, 9.17) is 16.0 Å². The number of anilines is 1. The van der Waals surface area contributed by atoms with Crippen LogP contribution in [0, 0.1) is 6.92 Å². The van der Waals surface area contributed by atoms with Crippen molar-refractivity contribution in [1.82, 2.24) is 9.78 Å². The van der Waals surface area contributed by atoms with Crippen LogP contribution in [0.3, 0.4) is 0 Å². The number of aromatic nitrogens is 2. The van der Waals surface area contributed by atoms with Gasteiger partial charge in [0.25, 0.3) is 0 Å². The highest BCUT2D eigenvalue weighted by molar-refractivity contribution is 6.33. The van der Waals surface area contributed by atoms with E-state index in [1.165, 1.54) is 15.8 Å². The molecule has 27 heavy (non-hydrogen) atoms. The molecule has 2 heterocycles. The van der Waals surface area contributed by atoms with Crippen molar-refractivity contribution in [2.75, 3.05) is 11.9 Å². The molecule has 0 aliphatic rings. The molecule has 4 aromatic rings. The lowest BCUT2D eigenvalue weighted by molar-refractivity contribution is -0.119. The summed E-state index contributed by atoms with van der Waals surface area (Å²) in [5.41, 5.74) is 2.21. The first-order chi connectivity index (χ1) is 13.0. The molecule has 4 rings (SSSR count). The first-order valence-corrected chi connectivity index (χ1v) is 8.73. The number of hydrogen-bond donors (Lipinski definition) is 0. The Hall–Kier alpha value is -3.12. The van der Waals surface area contributed by atoms with E-state index in [0.29, 0.717) is 27.2 Å². The highest BCUT2D eigenvalue weighted by atomic mass is 35.5. The molecule has 0 saturated carbocycles. The summed E-state index contributed by atoms with van der Waals surface area (Å²) in [4.78, 5) is 26.5. The highest BCUT2D eigenvalue weighted by Gasteiger charge is 2.18. The Labute approximate surface area is 159 Å². The van der Waals surface area contributed by atoms with Crippen LogP contribution < -0.4 is 10.5 Å². The Morgan fingerprint density at radius 3 is 2.78 bits per heavy atom. The summed E-state index contributed by atoms with van der Waals surface area (Å²) in [6.45, 7) is 1.92. The van der Waals surface area contributed by atoms with Crippen molar-refractivity contribution in [3.8, 4) is 0 Å². The number of likely N-dealkylation sites (N-methyl/N-ethyl adjacent to an activating group) is 1. The van der Waals surface area contributed by atoms with Gasteiger partial charge in [0.1, 0.15) is 17.5 Å². The smallest absolute Gasteiger partial charge is 0.347 e. The van der Waals surface area contributed by atoms with Crippen LogP contribution in [0.5, 0.6) is 0 Å². The average molecular weight is 382 g/mol. The van der Waals surface area contributed by atoms with Crippen molar-refractivity contribution in [3.05, 3.63) is 69.7 Å². The van der Waals surface area contributed by atoms with Crippen LogP contribution in [0.2, 0.25) is 5.02 Å². The zero-order valence-corrected chi connectivity index (χ0v) is 15.5. The topological polar surface area (TPSA) is 68.3 Å². The Morgan fingerprint density at radius 1 is 1.22 bits per heavy atom. The van der Waals surface area contributed by atoms with E-state index in [9.17, 15) is 9.59 Å². The van der Waals surface area contributed by atoms with E-state index in [1.807, 2.05) is 25.1 Å². The molecule has 1 amide bonds. The SMILES string of the molecule is Cc1ccc2oc(=O)c3cnn(CC(=O)N(C)c4ccccc4Cl)c3c2c1. The van der Waals surface area contributed by atoms with Gasteiger partial charge in [-0.3, -0.25) is 9.48 Å². The van der Waals surface area contributed by atoms with E-state index in [1.54, 1.807) is 31.3 Å². The monoisotopic (exact) mass is 381 g/mol. The summed E-state index contributed by atoms with van der Waals surface area (Å²) in [5, 5.41) is 5.83. The summed E-state index contributed by atoms with van der Waals surface area (Å²) >= 11 is 6.19. The normalized spacial score (nSPS) is 11.2. The molecular formula is C20H16ClN3O3. The number of fused-ring (bicyclic) bond motifs is 3. The molecule has 2 aromatic carbocycles. The van der Waals surface area contributed by atoms with Gasteiger partial charge >= 0.3 is 5.63 Å². The molecule has 0 spiro atoms. The minimum atomic E-state index is -0.473. The molecule has 136 valence electrons. The molecule has 0 fully saturated rings. The third kappa shape index (κ3) is 2.98. The van der Waals surface area contributed by atoms with Crippen molar-refractivity contribution in [1.29, 1.82) is 0 Å². The molecule has 0 aliphatic carbocycles. The van der Waals surface area contributed by atoms with Gasteiger partial charge < -0.3 is 9.32 Å². The number of benzene rings is 2. The van der Waals surface area contributed by atoms with E-state index >= 15 is 0 Å². The van der Waals surface area contributed by atoms with E-state index < -0.39 is 5.63 Å². The number of hydrogen-bond acceptors (Lipinski definition) is 4. The molecule has 0 bridgehead atoms. The summed E-state index contributed by atoms with van der Waals surface area (Å²) in [6, 6.07) is 12.7. The van der Waals surface area contributed by atoms with E-state index in [-0.39, 0.29) is 12.5 Å². The zero-order chi connectivity index (χ0) is 19.1. The van der Waals surface area contributed by atoms with Gasteiger partial charge in [0.05, 0.1) is 22.4 Å². The second kappa shape index (κ2) is 6.55. The van der Waals surface area contributed by atoms with Crippen molar-refractivity contribution >= 4 is 45.1 Å². The molecule has 0 aliphatic heterocycles. The van der Waals surface area contributed by atoms with E-state index in [0.717, 1.165) is 10.9 Å². The van der Waals surface area contributed by atoms with Crippen molar-refractivity contribution in [2.45, 2.75) is 13.5 Å². The van der Waals surface area contributed by atoms with Crippen LogP contribution in [0.1, 0.15) is 5.56 Å². The fourth-order valence-electron chi connectivity index (χ4n) is 3.10. The fourth-order valence-corrected chi connectivity index (χ4v) is 3.37. The Balaban J connectivity index is 1.79. The van der Waals surface area contributed by atoms with Gasteiger partial charge in [-0.05, 0) is 31.2 Å². The maximum Gasteiger partial charge on any atom is 0.347 e. The van der Waals surface area contributed by atoms with Crippen LogP contribution in [0.4, 0.5) is 5.69 Å².